The summed E-state index contributed by atoms with van der Waals surface area (Å²) in [5, 5.41) is 3.03. The van der Waals surface area contributed by atoms with Gasteiger partial charge in [-0.2, -0.15) is 0 Å². The zero-order valence-electron chi connectivity index (χ0n) is 16.0. The molecule has 5 heteroatoms. The molecule has 0 aliphatic rings. The highest BCUT2D eigenvalue weighted by atomic mass is 19.1. The van der Waals surface area contributed by atoms with Gasteiger partial charge in [-0.05, 0) is 24.6 Å². The first kappa shape index (κ1) is 20.3. The number of anilines is 1. The fourth-order valence-corrected chi connectivity index (χ4v) is 3.14. The zero-order valence-corrected chi connectivity index (χ0v) is 16.0. The number of benzene rings is 3. The number of ketones is 1. The fourth-order valence-electron chi connectivity index (χ4n) is 3.14. The molecule has 1 N–H and O–H groups in total. The van der Waals surface area contributed by atoms with Crippen molar-refractivity contribution in [1.29, 1.82) is 0 Å². The van der Waals surface area contributed by atoms with E-state index in [1.54, 1.807) is 79.7 Å². The van der Waals surface area contributed by atoms with E-state index in [9.17, 15) is 9.59 Å². The van der Waals surface area contributed by atoms with Gasteiger partial charge in [0.05, 0.1) is 6.61 Å². The van der Waals surface area contributed by atoms with Crippen LogP contribution in [0.3, 0.4) is 0 Å². The first-order valence-electron chi connectivity index (χ1n) is 9.40. The van der Waals surface area contributed by atoms with Crippen molar-refractivity contribution in [3.05, 3.63) is 102 Å². The molecule has 0 aliphatic heterocycles. The third-order valence-electron chi connectivity index (χ3n) is 4.55. The SMILES string of the molecule is CCOC(=O)C(F)(C(=O)c1ccccc1)C(Nc1ccccc1)c1ccccc1. The molecule has 3 rings (SSSR count). The van der Waals surface area contributed by atoms with Gasteiger partial charge in [-0.25, -0.2) is 9.18 Å². The van der Waals surface area contributed by atoms with Gasteiger partial charge < -0.3 is 10.1 Å². The molecule has 0 aromatic heterocycles. The molecule has 0 bridgehead atoms. The molecule has 3 aromatic carbocycles. The maximum Gasteiger partial charge on any atom is 0.354 e. The number of para-hydroxylation sites is 1. The van der Waals surface area contributed by atoms with Gasteiger partial charge in [-0.15, -0.1) is 0 Å². The van der Waals surface area contributed by atoms with E-state index in [0.717, 1.165) is 0 Å². The number of carbonyl (C=O) groups is 2. The summed E-state index contributed by atoms with van der Waals surface area (Å²) in [7, 11) is 0. The predicted octanol–water partition coefficient (Wildman–Crippen LogP) is 4.99. The van der Waals surface area contributed by atoms with Crippen LogP contribution in [0.1, 0.15) is 28.9 Å². The lowest BCUT2D eigenvalue weighted by molar-refractivity contribution is -0.154. The Morgan fingerprint density at radius 2 is 1.41 bits per heavy atom. The highest BCUT2D eigenvalue weighted by molar-refractivity contribution is 6.16. The minimum atomic E-state index is -2.96. The Balaban J connectivity index is 2.14. The first-order chi connectivity index (χ1) is 14.1. The van der Waals surface area contributed by atoms with Crippen LogP contribution in [0.25, 0.3) is 0 Å². The normalized spacial score (nSPS) is 13.7. The number of hydrogen-bond acceptors (Lipinski definition) is 4. The summed E-state index contributed by atoms with van der Waals surface area (Å²) >= 11 is 0. The van der Waals surface area contributed by atoms with Gasteiger partial charge in [0.25, 0.3) is 5.67 Å². The lowest BCUT2D eigenvalue weighted by Crippen LogP contribution is -2.51. The lowest BCUT2D eigenvalue weighted by atomic mass is 9.83. The molecule has 0 aliphatic carbocycles. The van der Waals surface area contributed by atoms with Crippen molar-refractivity contribution in [2.45, 2.75) is 18.6 Å². The van der Waals surface area contributed by atoms with Crippen molar-refractivity contribution in [1.82, 2.24) is 0 Å². The van der Waals surface area contributed by atoms with E-state index in [-0.39, 0.29) is 12.2 Å². The minimum Gasteiger partial charge on any atom is -0.463 e. The Labute approximate surface area is 169 Å². The summed E-state index contributed by atoms with van der Waals surface area (Å²) in [5.74, 6) is -2.17. The van der Waals surface area contributed by atoms with Gasteiger partial charge >= 0.3 is 5.97 Å². The highest BCUT2D eigenvalue weighted by Gasteiger charge is 2.55. The van der Waals surface area contributed by atoms with E-state index < -0.39 is 23.5 Å². The van der Waals surface area contributed by atoms with Gasteiger partial charge in [0, 0.05) is 11.3 Å². The molecule has 148 valence electrons. The molecule has 0 saturated heterocycles. The smallest absolute Gasteiger partial charge is 0.354 e. The summed E-state index contributed by atoms with van der Waals surface area (Å²) in [6.45, 7) is 1.53. The molecular formula is C24H22FNO3. The second-order valence-electron chi connectivity index (χ2n) is 6.48. The van der Waals surface area contributed by atoms with Gasteiger partial charge in [0.2, 0.25) is 5.78 Å². The van der Waals surface area contributed by atoms with E-state index in [4.69, 9.17) is 4.74 Å². The minimum absolute atomic E-state index is 0.0422. The van der Waals surface area contributed by atoms with Crippen LogP contribution < -0.4 is 5.32 Å². The Bertz CT molecular complexity index is 948. The Morgan fingerprint density at radius 1 is 0.897 bits per heavy atom. The molecule has 2 atom stereocenters. The monoisotopic (exact) mass is 391 g/mol. The van der Waals surface area contributed by atoms with Crippen LogP contribution in [0.4, 0.5) is 10.1 Å². The average molecular weight is 391 g/mol. The largest absolute Gasteiger partial charge is 0.463 e. The van der Waals surface area contributed by atoms with Crippen molar-refractivity contribution < 1.29 is 18.7 Å². The average Bonchev–Trinajstić information content (AvgIpc) is 2.78. The van der Waals surface area contributed by atoms with E-state index in [0.29, 0.717) is 11.3 Å². The summed E-state index contributed by atoms with van der Waals surface area (Å²) in [5.41, 5.74) is -1.84. The standard InChI is InChI=1S/C24H22FNO3/c1-2-29-23(28)24(25,22(27)19-14-8-4-9-15-19)21(18-12-6-3-7-13-18)26-20-16-10-5-11-17-20/h3-17,21,26H,2H2,1H3. The molecule has 0 amide bonds. The molecule has 4 nitrogen and oxygen atoms in total. The van der Waals surface area contributed by atoms with Crippen LogP contribution in [-0.2, 0) is 9.53 Å². The van der Waals surface area contributed by atoms with E-state index in [2.05, 4.69) is 5.32 Å². The van der Waals surface area contributed by atoms with Gasteiger partial charge in [-0.3, -0.25) is 4.79 Å². The van der Waals surface area contributed by atoms with Crippen LogP contribution in [0.2, 0.25) is 0 Å². The maximum absolute atomic E-state index is 16.6. The van der Waals surface area contributed by atoms with Crippen LogP contribution >= 0.6 is 0 Å². The first-order valence-corrected chi connectivity index (χ1v) is 9.40. The summed E-state index contributed by atoms with van der Waals surface area (Å²) in [4.78, 5) is 26.1. The molecule has 29 heavy (non-hydrogen) atoms. The third kappa shape index (κ3) is 4.35. The zero-order chi connectivity index (χ0) is 20.7. The molecule has 0 saturated carbocycles. The Hall–Kier alpha value is -3.47. The lowest BCUT2D eigenvalue weighted by Gasteiger charge is -2.32. The van der Waals surface area contributed by atoms with E-state index in [1.807, 2.05) is 6.07 Å². The van der Waals surface area contributed by atoms with Crippen molar-refractivity contribution in [3.63, 3.8) is 0 Å². The second kappa shape index (κ2) is 9.15. The van der Waals surface area contributed by atoms with Gasteiger partial charge in [0.1, 0.15) is 6.04 Å². The van der Waals surface area contributed by atoms with Crippen LogP contribution in [0.5, 0.6) is 0 Å². The van der Waals surface area contributed by atoms with Crippen molar-refractivity contribution in [3.8, 4) is 0 Å². The summed E-state index contributed by atoms with van der Waals surface area (Å²) in [6, 6.07) is 24.1. The predicted molar refractivity (Wildman–Crippen MR) is 110 cm³/mol. The fraction of sp³-hybridized carbons (Fsp3) is 0.167. The van der Waals surface area contributed by atoms with Crippen LogP contribution in [-0.4, -0.2) is 24.0 Å². The number of ether oxygens (including phenoxy) is 1. The van der Waals surface area contributed by atoms with Crippen LogP contribution in [0, 0.1) is 0 Å². The number of alkyl halides is 1. The topological polar surface area (TPSA) is 55.4 Å². The highest BCUT2D eigenvalue weighted by Crippen LogP contribution is 2.37. The Kier molecular flexibility index (Phi) is 6.39. The molecular weight excluding hydrogens is 369 g/mol. The number of hydrogen-bond donors (Lipinski definition) is 1. The van der Waals surface area contributed by atoms with Crippen LogP contribution in [0.15, 0.2) is 91.0 Å². The van der Waals surface area contributed by atoms with Crippen molar-refractivity contribution >= 4 is 17.4 Å². The maximum atomic E-state index is 16.6. The molecule has 0 spiro atoms. The molecule has 2 unspecified atom stereocenters. The number of Topliss-reactive ketones (excluding diaryl/α,β-unsaturated/α-hetero) is 1. The number of rotatable bonds is 8. The number of nitrogens with one attached hydrogen (secondary N) is 1. The third-order valence-corrected chi connectivity index (χ3v) is 4.55. The molecule has 3 aromatic rings. The molecule has 0 radical (unpaired) electrons. The summed E-state index contributed by atoms with van der Waals surface area (Å²) < 4.78 is 21.6. The van der Waals surface area contributed by atoms with Crippen molar-refractivity contribution in [2.75, 3.05) is 11.9 Å². The quantitative estimate of drug-likeness (QED) is 0.334. The number of halogens is 1. The van der Waals surface area contributed by atoms with E-state index in [1.165, 1.54) is 12.1 Å². The molecule has 0 heterocycles. The summed E-state index contributed by atoms with van der Waals surface area (Å²) in [6.07, 6.45) is 0. The Morgan fingerprint density at radius 3 is 1.97 bits per heavy atom. The van der Waals surface area contributed by atoms with Gasteiger partial charge in [-0.1, -0.05) is 78.9 Å². The van der Waals surface area contributed by atoms with E-state index >= 15 is 4.39 Å². The van der Waals surface area contributed by atoms with Crippen molar-refractivity contribution in [2.24, 2.45) is 0 Å². The number of carbonyl (C=O) groups excluding carboxylic acids is 2. The second-order valence-corrected chi connectivity index (χ2v) is 6.48. The van der Waals surface area contributed by atoms with Gasteiger partial charge in [0.15, 0.2) is 0 Å². The number of esters is 1. The molecule has 0 fully saturated rings.